The SMILES string of the molecule is C=CCn1c(C)c(/C=C(/C#N)C(=O)Nc2cccc(OCC)c2)c2ccccc21. The van der Waals surface area contributed by atoms with Crippen LogP contribution in [0.5, 0.6) is 5.75 Å². The summed E-state index contributed by atoms with van der Waals surface area (Å²) in [7, 11) is 0. The molecule has 3 aromatic rings. The number of amides is 1. The summed E-state index contributed by atoms with van der Waals surface area (Å²) in [4.78, 5) is 12.7. The average Bonchev–Trinajstić information content (AvgIpc) is 2.98. The topological polar surface area (TPSA) is 67.0 Å². The summed E-state index contributed by atoms with van der Waals surface area (Å²) >= 11 is 0. The molecule has 0 aliphatic carbocycles. The Bertz CT molecular complexity index is 1130. The summed E-state index contributed by atoms with van der Waals surface area (Å²) in [6.45, 7) is 8.89. The molecule has 0 aliphatic heterocycles. The average molecular weight is 385 g/mol. The molecule has 1 amide bonds. The summed E-state index contributed by atoms with van der Waals surface area (Å²) in [5.74, 6) is 0.206. The number of hydrogen-bond acceptors (Lipinski definition) is 3. The predicted molar refractivity (Wildman–Crippen MR) is 117 cm³/mol. The molecular weight excluding hydrogens is 362 g/mol. The molecule has 5 heteroatoms. The molecule has 146 valence electrons. The van der Waals surface area contributed by atoms with Gasteiger partial charge < -0.3 is 14.6 Å². The van der Waals surface area contributed by atoms with E-state index in [1.165, 1.54) is 0 Å². The highest BCUT2D eigenvalue weighted by Gasteiger charge is 2.15. The molecule has 1 aromatic heterocycles. The van der Waals surface area contributed by atoms with E-state index in [1.807, 2.05) is 56.3 Å². The van der Waals surface area contributed by atoms with Gasteiger partial charge in [-0.25, -0.2) is 0 Å². The number of nitrogens with one attached hydrogen (secondary N) is 1. The summed E-state index contributed by atoms with van der Waals surface area (Å²) in [6, 6.07) is 17.1. The third kappa shape index (κ3) is 4.22. The fourth-order valence-electron chi connectivity index (χ4n) is 3.33. The van der Waals surface area contributed by atoms with Crippen LogP contribution in [-0.2, 0) is 11.3 Å². The number of anilines is 1. The van der Waals surface area contributed by atoms with Crippen molar-refractivity contribution >= 4 is 28.6 Å². The van der Waals surface area contributed by atoms with Crippen molar-refractivity contribution in [1.29, 1.82) is 5.26 Å². The number of carbonyl (C=O) groups is 1. The fraction of sp³-hybridized carbons (Fsp3) is 0.167. The number of para-hydroxylation sites is 1. The first-order chi connectivity index (χ1) is 14.1. The Morgan fingerprint density at radius 3 is 2.79 bits per heavy atom. The molecule has 0 fully saturated rings. The highest BCUT2D eigenvalue weighted by atomic mass is 16.5. The van der Waals surface area contributed by atoms with Crippen molar-refractivity contribution in [3.05, 3.63) is 78.0 Å². The zero-order valence-corrected chi connectivity index (χ0v) is 16.6. The van der Waals surface area contributed by atoms with Gasteiger partial charge in [0.15, 0.2) is 0 Å². The van der Waals surface area contributed by atoms with Gasteiger partial charge in [-0.1, -0.05) is 30.3 Å². The maximum Gasteiger partial charge on any atom is 0.266 e. The van der Waals surface area contributed by atoms with Crippen molar-refractivity contribution in [3.8, 4) is 11.8 Å². The lowest BCUT2D eigenvalue weighted by Crippen LogP contribution is -2.13. The van der Waals surface area contributed by atoms with Crippen molar-refractivity contribution in [3.63, 3.8) is 0 Å². The molecule has 5 nitrogen and oxygen atoms in total. The van der Waals surface area contributed by atoms with E-state index in [9.17, 15) is 10.1 Å². The molecule has 0 aliphatic rings. The van der Waals surface area contributed by atoms with Crippen molar-refractivity contribution in [1.82, 2.24) is 4.57 Å². The maximum atomic E-state index is 12.7. The molecule has 0 bridgehead atoms. The summed E-state index contributed by atoms with van der Waals surface area (Å²) < 4.78 is 7.58. The normalized spacial score (nSPS) is 11.1. The highest BCUT2D eigenvalue weighted by molar-refractivity contribution is 6.11. The minimum Gasteiger partial charge on any atom is -0.494 e. The number of ether oxygens (including phenoxy) is 1. The first kappa shape index (κ1) is 20.0. The van der Waals surface area contributed by atoms with Gasteiger partial charge in [0.05, 0.1) is 6.61 Å². The lowest BCUT2D eigenvalue weighted by atomic mass is 10.1. The van der Waals surface area contributed by atoms with Gasteiger partial charge in [0.25, 0.3) is 5.91 Å². The molecule has 0 atom stereocenters. The van der Waals surface area contributed by atoms with Crippen molar-refractivity contribution < 1.29 is 9.53 Å². The smallest absolute Gasteiger partial charge is 0.266 e. The van der Waals surface area contributed by atoms with E-state index in [2.05, 4.69) is 16.5 Å². The fourth-order valence-corrected chi connectivity index (χ4v) is 3.33. The van der Waals surface area contributed by atoms with E-state index in [4.69, 9.17) is 4.74 Å². The van der Waals surface area contributed by atoms with Gasteiger partial charge in [-0.3, -0.25) is 4.79 Å². The van der Waals surface area contributed by atoms with Crippen molar-refractivity contribution in [2.24, 2.45) is 0 Å². The van der Waals surface area contributed by atoms with Gasteiger partial charge in [0, 0.05) is 40.5 Å². The molecule has 0 saturated heterocycles. The minimum absolute atomic E-state index is 0.0384. The number of allylic oxidation sites excluding steroid dienone is 1. The molecule has 29 heavy (non-hydrogen) atoms. The van der Waals surface area contributed by atoms with E-state index >= 15 is 0 Å². The quantitative estimate of drug-likeness (QED) is 0.350. The zero-order valence-electron chi connectivity index (χ0n) is 16.6. The van der Waals surface area contributed by atoms with E-state index in [0.717, 1.165) is 22.2 Å². The van der Waals surface area contributed by atoms with E-state index < -0.39 is 5.91 Å². The molecule has 3 rings (SSSR count). The van der Waals surface area contributed by atoms with Crippen LogP contribution in [0.4, 0.5) is 5.69 Å². The van der Waals surface area contributed by atoms with E-state index in [1.54, 1.807) is 24.3 Å². The molecule has 0 radical (unpaired) electrons. The van der Waals surface area contributed by atoms with Crippen LogP contribution in [0, 0.1) is 18.3 Å². The van der Waals surface area contributed by atoms with Gasteiger partial charge in [-0.15, -0.1) is 6.58 Å². The van der Waals surface area contributed by atoms with E-state index in [-0.39, 0.29) is 5.57 Å². The standard InChI is InChI=1S/C24H23N3O2/c1-4-13-27-17(3)22(21-11-6-7-12-23(21)27)14-18(16-25)24(28)26-19-9-8-10-20(15-19)29-5-2/h4,6-12,14-15H,1,5,13H2,2-3H3,(H,26,28)/b18-14-. The first-order valence-corrected chi connectivity index (χ1v) is 9.43. The monoisotopic (exact) mass is 385 g/mol. The predicted octanol–water partition coefficient (Wildman–Crippen LogP) is 5.08. The third-order valence-electron chi connectivity index (χ3n) is 4.65. The number of nitriles is 1. The summed E-state index contributed by atoms with van der Waals surface area (Å²) in [6.07, 6.45) is 3.48. The summed E-state index contributed by atoms with van der Waals surface area (Å²) in [5, 5.41) is 13.4. The van der Waals surface area contributed by atoms with Crippen LogP contribution >= 0.6 is 0 Å². The first-order valence-electron chi connectivity index (χ1n) is 9.43. The Hall–Kier alpha value is -3.78. The van der Waals surface area contributed by atoms with Gasteiger partial charge in [-0.05, 0) is 38.1 Å². The van der Waals surface area contributed by atoms with Crippen LogP contribution in [0.15, 0.2) is 66.8 Å². The zero-order chi connectivity index (χ0) is 20.8. The van der Waals surface area contributed by atoms with E-state index in [0.29, 0.717) is 24.6 Å². The van der Waals surface area contributed by atoms with Crippen molar-refractivity contribution in [2.45, 2.75) is 20.4 Å². The van der Waals surface area contributed by atoms with Crippen LogP contribution in [0.2, 0.25) is 0 Å². The van der Waals surface area contributed by atoms with Crippen LogP contribution < -0.4 is 10.1 Å². The largest absolute Gasteiger partial charge is 0.494 e. The third-order valence-corrected chi connectivity index (χ3v) is 4.65. The molecular formula is C24H23N3O2. The maximum absolute atomic E-state index is 12.7. The van der Waals surface area contributed by atoms with Crippen LogP contribution in [-0.4, -0.2) is 17.1 Å². The van der Waals surface area contributed by atoms with Crippen LogP contribution in [0.1, 0.15) is 18.2 Å². The lowest BCUT2D eigenvalue weighted by molar-refractivity contribution is -0.112. The Kier molecular flexibility index (Phi) is 6.16. The number of nitrogens with zero attached hydrogens (tertiary/aromatic N) is 2. The van der Waals surface area contributed by atoms with Gasteiger partial charge in [0.1, 0.15) is 17.4 Å². The second kappa shape index (κ2) is 8.94. The lowest BCUT2D eigenvalue weighted by Gasteiger charge is -2.08. The van der Waals surface area contributed by atoms with Crippen LogP contribution in [0.25, 0.3) is 17.0 Å². The van der Waals surface area contributed by atoms with Gasteiger partial charge in [-0.2, -0.15) is 5.26 Å². The van der Waals surface area contributed by atoms with Crippen molar-refractivity contribution in [2.75, 3.05) is 11.9 Å². The second-order valence-electron chi connectivity index (χ2n) is 6.50. The number of fused-ring (bicyclic) bond motifs is 1. The molecule has 2 aromatic carbocycles. The molecule has 1 heterocycles. The number of aromatic nitrogens is 1. The molecule has 1 N–H and O–H groups in total. The molecule has 0 saturated carbocycles. The molecule has 0 unspecified atom stereocenters. The second-order valence-corrected chi connectivity index (χ2v) is 6.50. The number of benzene rings is 2. The molecule has 0 spiro atoms. The highest BCUT2D eigenvalue weighted by Crippen LogP contribution is 2.28. The summed E-state index contributed by atoms with van der Waals surface area (Å²) in [5.41, 5.74) is 3.49. The number of carbonyl (C=O) groups excluding carboxylic acids is 1. The Labute approximate surface area is 170 Å². The Balaban J connectivity index is 1.97. The Morgan fingerprint density at radius 2 is 2.07 bits per heavy atom. The number of hydrogen-bond donors (Lipinski definition) is 1. The van der Waals surface area contributed by atoms with Gasteiger partial charge >= 0.3 is 0 Å². The van der Waals surface area contributed by atoms with Gasteiger partial charge in [0.2, 0.25) is 0 Å². The number of rotatable bonds is 7. The Morgan fingerprint density at radius 1 is 1.28 bits per heavy atom. The minimum atomic E-state index is -0.457. The van der Waals surface area contributed by atoms with Crippen LogP contribution in [0.3, 0.4) is 0 Å².